The first-order valence-electron chi connectivity index (χ1n) is 5.87. The molecule has 0 aromatic heterocycles. The average molecular weight is 226 g/mol. The van der Waals surface area contributed by atoms with E-state index in [9.17, 15) is 9.90 Å². The van der Waals surface area contributed by atoms with Crippen molar-refractivity contribution < 1.29 is 14.6 Å². The van der Waals surface area contributed by atoms with Crippen molar-refractivity contribution in [1.82, 2.24) is 0 Å². The molecular formula is C13H22O3. The summed E-state index contributed by atoms with van der Waals surface area (Å²) < 4.78 is 4.78. The van der Waals surface area contributed by atoms with Crippen molar-refractivity contribution in [3.63, 3.8) is 0 Å². The van der Waals surface area contributed by atoms with E-state index in [0.717, 1.165) is 25.7 Å². The minimum absolute atomic E-state index is 0.251. The maximum atomic E-state index is 10.5. The highest BCUT2D eigenvalue weighted by molar-refractivity contribution is 5.65. The lowest BCUT2D eigenvalue weighted by atomic mass is 9.71. The third-order valence-electron chi connectivity index (χ3n) is 3.28. The van der Waals surface area contributed by atoms with E-state index in [4.69, 9.17) is 4.74 Å². The Morgan fingerprint density at radius 3 is 2.38 bits per heavy atom. The summed E-state index contributed by atoms with van der Waals surface area (Å²) in [4.78, 5) is 10.5. The summed E-state index contributed by atoms with van der Waals surface area (Å²) in [6, 6.07) is 0. The summed E-state index contributed by atoms with van der Waals surface area (Å²) >= 11 is 0. The van der Waals surface area contributed by atoms with Crippen molar-refractivity contribution in [2.45, 2.75) is 52.1 Å². The number of carbonyl (C=O) groups excluding carboxylic acids is 1. The first kappa shape index (κ1) is 13.2. The van der Waals surface area contributed by atoms with E-state index >= 15 is 0 Å². The Bertz CT molecular complexity index is 269. The van der Waals surface area contributed by atoms with Gasteiger partial charge in [0.1, 0.15) is 6.61 Å². The minimum Gasteiger partial charge on any atom is -0.462 e. The van der Waals surface area contributed by atoms with Crippen LogP contribution in [0.2, 0.25) is 0 Å². The molecule has 0 bridgehead atoms. The number of rotatable bonds is 3. The first-order valence-corrected chi connectivity index (χ1v) is 5.87. The third-order valence-corrected chi connectivity index (χ3v) is 3.28. The highest BCUT2D eigenvalue weighted by Crippen LogP contribution is 2.40. The standard InChI is InChI=1S/C13H22O3/c1-11(14)16-10-4-5-13(15)8-6-12(2,3)7-9-13/h4-5,15H,6-10H2,1-3H3/b5-4-. The van der Waals surface area contributed by atoms with Crippen LogP contribution in [-0.2, 0) is 9.53 Å². The molecule has 16 heavy (non-hydrogen) atoms. The zero-order chi connectivity index (χ0) is 12.2. The molecule has 1 rings (SSSR count). The molecule has 3 heteroatoms. The Balaban J connectivity index is 2.39. The fraction of sp³-hybridized carbons (Fsp3) is 0.769. The molecule has 0 amide bonds. The molecule has 3 nitrogen and oxygen atoms in total. The molecule has 92 valence electrons. The monoisotopic (exact) mass is 226 g/mol. The quantitative estimate of drug-likeness (QED) is 0.594. The Morgan fingerprint density at radius 1 is 1.31 bits per heavy atom. The third kappa shape index (κ3) is 4.35. The molecule has 0 aliphatic heterocycles. The van der Waals surface area contributed by atoms with Crippen LogP contribution in [0.3, 0.4) is 0 Å². The molecular weight excluding hydrogens is 204 g/mol. The molecule has 0 spiro atoms. The molecule has 0 aromatic rings. The van der Waals surface area contributed by atoms with Gasteiger partial charge in [0.2, 0.25) is 0 Å². The van der Waals surface area contributed by atoms with Crippen LogP contribution in [0.5, 0.6) is 0 Å². The number of hydrogen-bond donors (Lipinski definition) is 1. The van der Waals surface area contributed by atoms with Crippen LogP contribution < -0.4 is 0 Å². The van der Waals surface area contributed by atoms with Gasteiger partial charge in [-0.2, -0.15) is 0 Å². The second-order valence-corrected chi connectivity index (χ2v) is 5.47. The second-order valence-electron chi connectivity index (χ2n) is 5.47. The van der Waals surface area contributed by atoms with Crippen LogP contribution in [0.15, 0.2) is 12.2 Å². The largest absolute Gasteiger partial charge is 0.462 e. The van der Waals surface area contributed by atoms with Gasteiger partial charge >= 0.3 is 5.97 Å². The summed E-state index contributed by atoms with van der Waals surface area (Å²) in [6.45, 7) is 6.09. The molecule has 0 heterocycles. The Kier molecular flexibility index (Phi) is 4.14. The molecule has 0 radical (unpaired) electrons. The zero-order valence-electron chi connectivity index (χ0n) is 10.5. The van der Waals surface area contributed by atoms with Crippen LogP contribution in [0.1, 0.15) is 46.5 Å². The van der Waals surface area contributed by atoms with Gasteiger partial charge in [0.15, 0.2) is 0 Å². The second kappa shape index (κ2) is 5.00. The van der Waals surface area contributed by atoms with Crippen molar-refractivity contribution in [2.75, 3.05) is 6.61 Å². The fourth-order valence-electron chi connectivity index (χ4n) is 1.96. The molecule has 0 atom stereocenters. The van der Waals surface area contributed by atoms with Crippen LogP contribution in [0.25, 0.3) is 0 Å². The lowest BCUT2D eigenvalue weighted by molar-refractivity contribution is -0.139. The number of esters is 1. The van der Waals surface area contributed by atoms with E-state index in [1.54, 1.807) is 12.2 Å². The van der Waals surface area contributed by atoms with Crippen LogP contribution in [0, 0.1) is 5.41 Å². The predicted octanol–water partition coefficient (Wildman–Crippen LogP) is 2.44. The van der Waals surface area contributed by atoms with Gasteiger partial charge in [-0.3, -0.25) is 4.79 Å². The maximum absolute atomic E-state index is 10.5. The molecule has 1 fully saturated rings. The highest BCUT2D eigenvalue weighted by atomic mass is 16.5. The predicted molar refractivity (Wildman–Crippen MR) is 63.0 cm³/mol. The molecule has 1 saturated carbocycles. The number of hydrogen-bond acceptors (Lipinski definition) is 3. The van der Waals surface area contributed by atoms with Crippen molar-refractivity contribution in [3.05, 3.63) is 12.2 Å². The molecule has 0 aromatic carbocycles. The van der Waals surface area contributed by atoms with Crippen molar-refractivity contribution >= 4 is 5.97 Å². The van der Waals surface area contributed by atoms with E-state index in [2.05, 4.69) is 13.8 Å². The average Bonchev–Trinajstić information content (AvgIpc) is 2.18. The Labute approximate surface area is 97.5 Å². The van der Waals surface area contributed by atoms with Crippen molar-refractivity contribution in [3.8, 4) is 0 Å². The van der Waals surface area contributed by atoms with Gasteiger partial charge in [-0.25, -0.2) is 0 Å². The highest BCUT2D eigenvalue weighted by Gasteiger charge is 2.34. The van der Waals surface area contributed by atoms with Crippen LogP contribution >= 0.6 is 0 Å². The molecule has 1 aliphatic carbocycles. The van der Waals surface area contributed by atoms with Gasteiger partial charge in [-0.15, -0.1) is 0 Å². The van der Waals surface area contributed by atoms with E-state index in [0.29, 0.717) is 5.41 Å². The van der Waals surface area contributed by atoms with E-state index < -0.39 is 5.60 Å². The van der Waals surface area contributed by atoms with Gasteiger partial charge in [0.05, 0.1) is 5.60 Å². The van der Waals surface area contributed by atoms with Gasteiger partial charge in [0, 0.05) is 6.92 Å². The summed E-state index contributed by atoms with van der Waals surface area (Å²) in [6.07, 6.45) is 7.15. The summed E-state index contributed by atoms with van der Waals surface area (Å²) in [7, 11) is 0. The number of aliphatic hydroxyl groups is 1. The Hall–Kier alpha value is -0.830. The summed E-state index contributed by atoms with van der Waals surface area (Å²) in [5.41, 5.74) is -0.356. The topological polar surface area (TPSA) is 46.5 Å². The maximum Gasteiger partial charge on any atom is 0.302 e. The van der Waals surface area contributed by atoms with Crippen LogP contribution in [0.4, 0.5) is 0 Å². The van der Waals surface area contributed by atoms with E-state index in [1.807, 2.05) is 0 Å². The summed E-state index contributed by atoms with van der Waals surface area (Å²) in [5, 5.41) is 10.2. The van der Waals surface area contributed by atoms with Gasteiger partial charge in [-0.05, 0) is 37.2 Å². The lowest BCUT2D eigenvalue weighted by Gasteiger charge is -2.38. The van der Waals surface area contributed by atoms with Gasteiger partial charge in [-0.1, -0.05) is 19.9 Å². The number of ether oxygens (including phenoxy) is 1. The molecule has 0 unspecified atom stereocenters. The first-order chi connectivity index (χ1) is 7.33. The molecule has 1 aliphatic rings. The smallest absolute Gasteiger partial charge is 0.302 e. The molecule has 1 N–H and O–H groups in total. The van der Waals surface area contributed by atoms with Gasteiger partial charge in [0.25, 0.3) is 0 Å². The van der Waals surface area contributed by atoms with Crippen molar-refractivity contribution in [2.24, 2.45) is 5.41 Å². The van der Waals surface area contributed by atoms with E-state index in [1.165, 1.54) is 6.92 Å². The van der Waals surface area contributed by atoms with E-state index in [-0.39, 0.29) is 12.6 Å². The molecule has 0 saturated heterocycles. The van der Waals surface area contributed by atoms with Gasteiger partial charge < -0.3 is 9.84 Å². The van der Waals surface area contributed by atoms with Crippen LogP contribution in [-0.4, -0.2) is 23.3 Å². The Morgan fingerprint density at radius 2 is 1.88 bits per heavy atom. The van der Waals surface area contributed by atoms with Crippen molar-refractivity contribution in [1.29, 1.82) is 0 Å². The summed E-state index contributed by atoms with van der Waals surface area (Å²) in [5.74, 6) is -0.290. The SMILES string of the molecule is CC(=O)OC/C=C\C1(O)CCC(C)(C)CC1. The number of carbonyl (C=O) groups is 1. The fourth-order valence-corrected chi connectivity index (χ4v) is 1.96. The normalized spacial score (nSPS) is 23.2. The zero-order valence-corrected chi connectivity index (χ0v) is 10.5. The minimum atomic E-state index is -0.699. The lowest BCUT2D eigenvalue weighted by Crippen LogP contribution is -2.35.